The zero-order valence-electron chi connectivity index (χ0n) is 35.9. The lowest BCUT2D eigenvalue weighted by atomic mass is 9.75. The van der Waals surface area contributed by atoms with Crippen molar-refractivity contribution >= 4 is 55.7 Å². The molecule has 65 heavy (non-hydrogen) atoms. The van der Waals surface area contributed by atoms with Crippen LogP contribution >= 0.6 is 22.9 Å². The van der Waals surface area contributed by atoms with Crippen LogP contribution in [0.5, 0.6) is 0 Å². The Morgan fingerprint density at radius 2 is 1.05 bits per heavy atom. The summed E-state index contributed by atoms with van der Waals surface area (Å²) in [4.78, 5) is 24.2. The van der Waals surface area contributed by atoms with Crippen LogP contribution in [0, 0.1) is 0 Å². The van der Waals surface area contributed by atoms with Crippen LogP contribution < -0.4 is 5.46 Å². The second kappa shape index (κ2) is 16.6. The second-order valence-electron chi connectivity index (χ2n) is 17.1. The van der Waals surface area contributed by atoms with Gasteiger partial charge >= 0.3 is 7.12 Å². The van der Waals surface area contributed by atoms with E-state index in [1.807, 2.05) is 97.1 Å². The first-order valence-corrected chi connectivity index (χ1v) is 22.8. The van der Waals surface area contributed by atoms with Crippen LogP contribution in [0.2, 0.25) is 5.15 Å². The summed E-state index contributed by atoms with van der Waals surface area (Å²) in [5, 5.41) is 2.72. The van der Waals surface area contributed by atoms with Gasteiger partial charge in [0.15, 0.2) is 23.3 Å². The number of hydrogen-bond acceptors (Lipinski definition) is 8. The molecule has 0 radical (unpaired) electrons. The fourth-order valence-corrected chi connectivity index (χ4v) is 10.2. The monoisotopic (exact) mass is 881 g/mol. The minimum absolute atomic E-state index is 0.396. The summed E-state index contributed by atoms with van der Waals surface area (Å²) in [6, 6.07) is 61.8. The van der Waals surface area contributed by atoms with E-state index < -0.39 is 18.3 Å². The van der Waals surface area contributed by atoms with Crippen molar-refractivity contribution in [3.05, 3.63) is 193 Å². The third-order valence-corrected chi connectivity index (χ3v) is 13.9. The van der Waals surface area contributed by atoms with Crippen LogP contribution in [0.4, 0.5) is 0 Å². The van der Waals surface area contributed by atoms with E-state index in [1.54, 1.807) is 11.3 Å². The van der Waals surface area contributed by atoms with E-state index >= 15 is 0 Å². The van der Waals surface area contributed by atoms with Crippen molar-refractivity contribution in [2.75, 3.05) is 0 Å². The van der Waals surface area contributed by atoms with Crippen molar-refractivity contribution in [2.45, 2.75) is 38.4 Å². The molecule has 3 aromatic heterocycles. The highest BCUT2D eigenvalue weighted by molar-refractivity contribution is 7.26. The molecule has 11 rings (SSSR count). The van der Waals surface area contributed by atoms with E-state index in [9.17, 15) is 0 Å². The van der Waals surface area contributed by atoms with Crippen molar-refractivity contribution in [2.24, 2.45) is 0 Å². The van der Waals surface area contributed by atoms with Gasteiger partial charge < -0.3 is 9.31 Å². The van der Waals surface area contributed by atoms with Gasteiger partial charge in [-0.2, -0.15) is 0 Å². The Balaban J connectivity index is 0.918. The molecule has 10 heteroatoms. The van der Waals surface area contributed by atoms with E-state index in [0.717, 1.165) is 61.1 Å². The van der Waals surface area contributed by atoms with E-state index in [1.165, 1.54) is 14.8 Å². The average molecular weight is 882 g/mol. The molecule has 0 amide bonds. The fraction of sp³-hybridized carbons (Fsp3) is 0.109. The molecule has 1 saturated heterocycles. The summed E-state index contributed by atoms with van der Waals surface area (Å²) < 4.78 is 16.5. The summed E-state index contributed by atoms with van der Waals surface area (Å²) in [5.41, 5.74) is 8.47. The molecule has 1 atom stereocenters. The Morgan fingerprint density at radius 1 is 0.508 bits per heavy atom. The van der Waals surface area contributed by atoms with Gasteiger partial charge in [0.25, 0.3) is 0 Å². The maximum absolute atomic E-state index is 7.13. The number of benzene rings is 7. The third-order valence-electron chi connectivity index (χ3n) is 12.5. The van der Waals surface area contributed by atoms with E-state index in [0.29, 0.717) is 34.9 Å². The van der Waals surface area contributed by atoms with Gasteiger partial charge in [-0.15, -0.1) is 11.3 Å². The maximum atomic E-state index is 7.13. The van der Waals surface area contributed by atoms with Crippen LogP contribution in [0.1, 0.15) is 26.3 Å². The Morgan fingerprint density at radius 3 is 1.68 bits per heavy atom. The third kappa shape index (κ3) is 7.81. The van der Waals surface area contributed by atoms with E-state index in [4.69, 9.17) is 40.8 Å². The molecule has 0 aliphatic carbocycles. The Hall–Kier alpha value is -6.88. The molecule has 0 saturated carbocycles. The summed E-state index contributed by atoms with van der Waals surface area (Å²) in [5.74, 6) is 2.48. The summed E-state index contributed by atoms with van der Waals surface area (Å²) in [7, 11) is -0.592. The van der Waals surface area contributed by atoms with Gasteiger partial charge in [0, 0.05) is 55.1 Å². The number of nitrogens with zero attached hydrogens (tertiary/aromatic N) is 5. The highest BCUT2D eigenvalue weighted by atomic mass is 35.5. The standard InChI is InChI=1S/C55H41BClN5O2S/c1-54(2)55(3,34-35-16-15-23-41(32-35)45-33-47(57)59-50(58-45)37-17-7-4-8-18-37)64-56(63-54)44-31-30-42(49-48(44)43-24-13-14-25-46(43)65-49)36-26-28-40(29-27-36)53-61-51(38-19-9-5-10-20-38)60-52(62-53)39-21-11-6-12-22-39/h4-33H,34H2,1-3H3. The number of halogens is 1. The molecule has 1 fully saturated rings. The smallest absolute Gasteiger partial charge is 0.399 e. The lowest BCUT2D eigenvalue weighted by Gasteiger charge is -2.36. The fourth-order valence-electron chi connectivity index (χ4n) is 8.70. The predicted octanol–water partition coefficient (Wildman–Crippen LogP) is 13.2. The Bertz CT molecular complexity index is 3310. The minimum atomic E-state index is -0.669. The first-order chi connectivity index (χ1) is 31.7. The topological polar surface area (TPSA) is 82.9 Å². The molecular formula is C55H41BClN5O2S. The van der Waals surface area contributed by atoms with Gasteiger partial charge in [-0.25, -0.2) is 24.9 Å². The van der Waals surface area contributed by atoms with Crippen molar-refractivity contribution in [3.63, 3.8) is 0 Å². The van der Waals surface area contributed by atoms with Gasteiger partial charge in [-0.05, 0) is 60.4 Å². The molecule has 0 N–H and O–H groups in total. The van der Waals surface area contributed by atoms with Gasteiger partial charge in [0.05, 0.1) is 16.9 Å². The molecule has 314 valence electrons. The van der Waals surface area contributed by atoms with Crippen LogP contribution in [0.3, 0.4) is 0 Å². The van der Waals surface area contributed by atoms with Gasteiger partial charge in [-0.1, -0.05) is 175 Å². The number of rotatable bonds is 9. The Labute approximate surface area is 387 Å². The summed E-state index contributed by atoms with van der Waals surface area (Å²) in [6.07, 6.45) is 0.619. The van der Waals surface area contributed by atoms with Crippen molar-refractivity contribution in [3.8, 4) is 67.9 Å². The van der Waals surface area contributed by atoms with Crippen molar-refractivity contribution in [1.82, 2.24) is 24.9 Å². The van der Waals surface area contributed by atoms with Gasteiger partial charge in [0.2, 0.25) is 0 Å². The molecule has 1 unspecified atom stereocenters. The average Bonchev–Trinajstić information content (AvgIpc) is 3.85. The highest BCUT2D eigenvalue weighted by Gasteiger charge is 2.55. The number of aromatic nitrogens is 5. The normalized spacial score (nSPS) is 15.8. The lowest BCUT2D eigenvalue weighted by molar-refractivity contribution is -0.00876. The quantitative estimate of drug-likeness (QED) is 0.105. The lowest BCUT2D eigenvalue weighted by Crippen LogP contribution is -2.46. The van der Waals surface area contributed by atoms with E-state index in [-0.39, 0.29) is 0 Å². The molecule has 4 heterocycles. The molecule has 1 aliphatic rings. The first kappa shape index (κ1) is 40.9. The first-order valence-electron chi connectivity index (χ1n) is 21.6. The Kier molecular flexibility index (Phi) is 10.4. The predicted molar refractivity (Wildman–Crippen MR) is 266 cm³/mol. The molecule has 7 aromatic carbocycles. The van der Waals surface area contributed by atoms with Gasteiger partial charge in [-0.3, -0.25) is 0 Å². The molecule has 0 spiro atoms. The largest absolute Gasteiger partial charge is 0.495 e. The second-order valence-corrected chi connectivity index (χ2v) is 18.5. The number of thiophene rings is 1. The highest BCUT2D eigenvalue weighted by Crippen LogP contribution is 2.44. The van der Waals surface area contributed by atoms with Crippen LogP contribution in [-0.2, 0) is 15.7 Å². The van der Waals surface area contributed by atoms with Crippen molar-refractivity contribution in [1.29, 1.82) is 0 Å². The summed E-state index contributed by atoms with van der Waals surface area (Å²) in [6.45, 7) is 6.42. The summed E-state index contributed by atoms with van der Waals surface area (Å²) >= 11 is 8.35. The zero-order valence-corrected chi connectivity index (χ0v) is 37.5. The SMILES string of the molecule is CC1(C)OB(c2ccc(-c3ccc(-c4nc(-c5ccccc5)nc(-c5ccccc5)n4)cc3)c3sc4ccccc4c23)OC1(C)Cc1cccc(-c2cc(Cl)nc(-c3ccccc3)n2)c1. The maximum Gasteiger partial charge on any atom is 0.495 e. The minimum Gasteiger partial charge on any atom is -0.399 e. The van der Waals surface area contributed by atoms with E-state index in [2.05, 4.69) is 111 Å². The zero-order chi connectivity index (χ0) is 44.1. The molecule has 0 bridgehead atoms. The van der Waals surface area contributed by atoms with Crippen LogP contribution in [0.15, 0.2) is 182 Å². The number of fused-ring (bicyclic) bond motifs is 3. The molecular weight excluding hydrogens is 841 g/mol. The molecule has 7 nitrogen and oxygen atoms in total. The number of hydrogen-bond donors (Lipinski definition) is 0. The van der Waals surface area contributed by atoms with Crippen molar-refractivity contribution < 1.29 is 9.31 Å². The molecule has 10 aromatic rings. The van der Waals surface area contributed by atoms with Crippen LogP contribution in [-0.4, -0.2) is 43.2 Å². The molecule has 1 aliphatic heterocycles. The van der Waals surface area contributed by atoms with Crippen LogP contribution in [0.25, 0.3) is 88.1 Å². The van der Waals surface area contributed by atoms with Gasteiger partial charge in [0.1, 0.15) is 5.15 Å².